The van der Waals surface area contributed by atoms with Crippen molar-refractivity contribution in [1.82, 2.24) is 9.55 Å². The first-order valence-corrected chi connectivity index (χ1v) is 5.13. The molecule has 0 fully saturated rings. The molecular weight excluding hydrogens is 236 g/mol. The van der Waals surface area contributed by atoms with Crippen LogP contribution in [-0.4, -0.2) is 9.55 Å². The molecule has 0 aliphatic rings. The molecule has 0 atom stereocenters. The molecule has 7 nitrogen and oxygen atoms in total. The van der Waals surface area contributed by atoms with Crippen LogP contribution in [0.25, 0.3) is 0 Å². The Kier molecular flexibility index (Phi) is 3.05. The van der Waals surface area contributed by atoms with E-state index >= 15 is 0 Å². The molecule has 1 aromatic heterocycles. The number of nitrogen functional groups attached to an aromatic ring is 1. The molecule has 0 radical (unpaired) electrons. The van der Waals surface area contributed by atoms with Crippen LogP contribution in [0.3, 0.4) is 0 Å². The van der Waals surface area contributed by atoms with E-state index in [1.807, 2.05) is 6.07 Å². The van der Waals surface area contributed by atoms with E-state index in [1.165, 1.54) is 0 Å². The number of nitroso groups, excluding NO2 is 1. The number of nitrogens with one attached hydrogen (secondary N) is 1. The lowest BCUT2D eigenvalue weighted by Crippen LogP contribution is -2.35. The molecule has 18 heavy (non-hydrogen) atoms. The monoisotopic (exact) mass is 246 g/mol. The number of anilines is 1. The lowest BCUT2D eigenvalue weighted by atomic mass is 10.2. The second kappa shape index (κ2) is 4.66. The van der Waals surface area contributed by atoms with Crippen molar-refractivity contribution in [2.24, 2.45) is 5.18 Å². The number of benzene rings is 1. The molecule has 3 N–H and O–H groups in total. The van der Waals surface area contributed by atoms with E-state index in [9.17, 15) is 14.5 Å². The zero-order valence-corrected chi connectivity index (χ0v) is 9.29. The number of nitrogens with two attached hydrogens (primary N) is 1. The van der Waals surface area contributed by atoms with E-state index in [-0.39, 0.29) is 12.4 Å². The van der Waals surface area contributed by atoms with Gasteiger partial charge in [-0.25, -0.2) is 4.79 Å². The van der Waals surface area contributed by atoms with Crippen LogP contribution in [0.5, 0.6) is 0 Å². The fourth-order valence-electron chi connectivity index (χ4n) is 1.57. The summed E-state index contributed by atoms with van der Waals surface area (Å²) in [6.45, 7) is 0.0534. The SMILES string of the molecule is Nc1[nH]c(=O)n(Cc2ccccc2)c(=O)c1N=O. The standard InChI is InChI=1S/C11H10N4O3/c12-9-8(14-18)10(16)15(11(17)13-9)6-7-4-2-1-3-5-7/h1-5H,6,12H2,(H,13,17). The summed E-state index contributed by atoms with van der Waals surface area (Å²) in [4.78, 5) is 36.1. The quantitative estimate of drug-likeness (QED) is 0.771. The maximum Gasteiger partial charge on any atom is 0.330 e. The Balaban J connectivity index is 2.56. The van der Waals surface area contributed by atoms with Crippen molar-refractivity contribution in [1.29, 1.82) is 0 Å². The van der Waals surface area contributed by atoms with Gasteiger partial charge in [-0.1, -0.05) is 30.3 Å². The number of nitrogens with zero attached hydrogens (tertiary/aromatic N) is 2. The van der Waals surface area contributed by atoms with Gasteiger partial charge in [0.1, 0.15) is 5.82 Å². The van der Waals surface area contributed by atoms with Gasteiger partial charge in [0, 0.05) is 0 Å². The van der Waals surface area contributed by atoms with E-state index in [0.717, 1.165) is 10.1 Å². The fraction of sp³-hybridized carbons (Fsp3) is 0.0909. The van der Waals surface area contributed by atoms with Crippen LogP contribution in [0.2, 0.25) is 0 Å². The van der Waals surface area contributed by atoms with Crippen molar-refractivity contribution >= 4 is 11.5 Å². The lowest BCUT2D eigenvalue weighted by Gasteiger charge is -2.05. The second-order valence-electron chi connectivity index (χ2n) is 3.66. The molecule has 1 heterocycles. The highest BCUT2D eigenvalue weighted by atomic mass is 16.3. The molecule has 2 aromatic rings. The van der Waals surface area contributed by atoms with E-state index in [0.29, 0.717) is 0 Å². The van der Waals surface area contributed by atoms with Gasteiger partial charge in [0.2, 0.25) is 5.69 Å². The van der Waals surface area contributed by atoms with Crippen molar-refractivity contribution in [3.8, 4) is 0 Å². The number of aromatic amines is 1. The van der Waals surface area contributed by atoms with Crippen molar-refractivity contribution in [2.75, 3.05) is 5.73 Å². The Bertz CT molecular complexity index is 688. The van der Waals surface area contributed by atoms with Crippen LogP contribution < -0.4 is 17.0 Å². The minimum Gasteiger partial charge on any atom is -0.383 e. The van der Waals surface area contributed by atoms with Crippen LogP contribution in [0.1, 0.15) is 5.56 Å². The van der Waals surface area contributed by atoms with Gasteiger partial charge in [-0.3, -0.25) is 14.3 Å². The van der Waals surface area contributed by atoms with E-state index in [2.05, 4.69) is 10.2 Å². The zero-order valence-electron chi connectivity index (χ0n) is 9.29. The third kappa shape index (κ3) is 2.05. The number of rotatable bonds is 3. The van der Waals surface area contributed by atoms with Gasteiger partial charge in [0.05, 0.1) is 6.54 Å². The first kappa shape index (κ1) is 11.8. The van der Waals surface area contributed by atoms with Gasteiger partial charge in [0.15, 0.2) is 0 Å². The van der Waals surface area contributed by atoms with E-state index < -0.39 is 16.9 Å². The molecule has 0 amide bonds. The highest BCUT2D eigenvalue weighted by Gasteiger charge is 2.12. The van der Waals surface area contributed by atoms with Crippen LogP contribution in [0, 0.1) is 4.91 Å². The molecule has 0 saturated carbocycles. The first-order chi connectivity index (χ1) is 8.63. The van der Waals surface area contributed by atoms with E-state index in [1.54, 1.807) is 24.3 Å². The molecule has 0 aliphatic carbocycles. The maximum atomic E-state index is 11.8. The van der Waals surface area contributed by atoms with Crippen LogP contribution in [0.4, 0.5) is 11.5 Å². The maximum absolute atomic E-state index is 11.8. The average molecular weight is 246 g/mol. The van der Waals surface area contributed by atoms with Crippen LogP contribution >= 0.6 is 0 Å². The van der Waals surface area contributed by atoms with Crippen LogP contribution in [0.15, 0.2) is 45.1 Å². The Morgan fingerprint density at radius 2 is 1.89 bits per heavy atom. The highest BCUT2D eigenvalue weighted by Crippen LogP contribution is 2.10. The molecule has 0 spiro atoms. The summed E-state index contributed by atoms with van der Waals surface area (Å²) in [7, 11) is 0. The predicted octanol–water partition coefficient (Wildman–Crippen LogP) is 0.565. The number of H-pyrrole nitrogens is 1. The number of hydrogen-bond donors (Lipinski definition) is 2. The predicted molar refractivity (Wildman–Crippen MR) is 66.7 cm³/mol. The van der Waals surface area contributed by atoms with Gasteiger partial charge in [-0.15, -0.1) is 4.91 Å². The molecule has 0 aliphatic heterocycles. The highest BCUT2D eigenvalue weighted by molar-refractivity contribution is 5.54. The lowest BCUT2D eigenvalue weighted by molar-refractivity contribution is 0.702. The summed E-state index contributed by atoms with van der Waals surface area (Å²) < 4.78 is 0.877. The van der Waals surface area contributed by atoms with E-state index in [4.69, 9.17) is 5.73 Å². The van der Waals surface area contributed by atoms with Crippen molar-refractivity contribution < 1.29 is 0 Å². The zero-order chi connectivity index (χ0) is 13.1. The number of aromatic nitrogens is 2. The Morgan fingerprint density at radius 1 is 1.22 bits per heavy atom. The van der Waals surface area contributed by atoms with Gasteiger partial charge in [-0.2, -0.15) is 0 Å². The Labute approximate surface area is 101 Å². The second-order valence-corrected chi connectivity index (χ2v) is 3.66. The molecule has 7 heteroatoms. The normalized spacial score (nSPS) is 10.2. The van der Waals surface area contributed by atoms with Gasteiger partial charge in [-0.05, 0) is 10.7 Å². The van der Waals surface area contributed by atoms with Gasteiger partial charge < -0.3 is 5.73 Å². The molecule has 0 bridgehead atoms. The molecule has 0 unspecified atom stereocenters. The summed E-state index contributed by atoms with van der Waals surface area (Å²) in [5.74, 6) is -0.315. The van der Waals surface area contributed by atoms with Gasteiger partial charge >= 0.3 is 5.69 Å². The Morgan fingerprint density at radius 3 is 2.50 bits per heavy atom. The minimum atomic E-state index is -0.796. The van der Waals surface area contributed by atoms with Gasteiger partial charge in [0.25, 0.3) is 5.56 Å². The van der Waals surface area contributed by atoms with Crippen LogP contribution in [-0.2, 0) is 6.54 Å². The minimum absolute atomic E-state index is 0.0534. The molecule has 0 saturated heterocycles. The topological polar surface area (TPSA) is 110 Å². The summed E-state index contributed by atoms with van der Waals surface area (Å²) >= 11 is 0. The third-order valence-corrected chi connectivity index (χ3v) is 2.46. The summed E-state index contributed by atoms with van der Waals surface area (Å²) in [6, 6.07) is 8.90. The van der Waals surface area contributed by atoms with Crippen molar-refractivity contribution in [3.63, 3.8) is 0 Å². The molecular formula is C11H10N4O3. The first-order valence-electron chi connectivity index (χ1n) is 5.13. The summed E-state index contributed by atoms with van der Waals surface area (Å²) in [5.41, 5.74) is 4.14. The molecule has 92 valence electrons. The fourth-order valence-corrected chi connectivity index (χ4v) is 1.57. The summed E-state index contributed by atoms with van der Waals surface area (Å²) in [5, 5.41) is 2.53. The van der Waals surface area contributed by atoms with Crippen molar-refractivity contribution in [3.05, 3.63) is 61.6 Å². The molecule has 1 aromatic carbocycles. The molecule has 2 rings (SSSR count). The largest absolute Gasteiger partial charge is 0.383 e. The Hall–Kier alpha value is -2.70. The third-order valence-electron chi connectivity index (χ3n) is 2.46. The average Bonchev–Trinajstić information content (AvgIpc) is 2.36. The smallest absolute Gasteiger partial charge is 0.330 e. The number of hydrogen-bond acceptors (Lipinski definition) is 5. The van der Waals surface area contributed by atoms with Crippen molar-refractivity contribution in [2.45, 2.75) is 6.54 Å². The summed E-state index contributed by atoms with van der Waals surface area (Å²) in [6.07, 6.45) is 0.